The van der Waals surface area contributed by atoms with Crippen LogP contribution in [-0.4, -0.2) is 24.9 Å². The standard InChI is InChI=1S/C22H15N5O2/c23-12-16-4-2-6-18(10-16)27-8-7-21(29)20(26-27)11-15-3-1-5-17(9-15)22-24-13-19(28)14-25-22/h1-10,13-14,28H,11H2. The van der Waals surface area contributed by atoms with Gasteiger partial charge < -0.3 is 5.11 Å². The molecule has 0 spiro atoms. The molecule has 7 nitrogen and oxygen atoms in total. The van der Waals surface area contributed by atoms with Crippen LogP contribution in [0.5, 0.6) is 5.75 Å². The van der Waals surface area contributed by atoms with Crippen molar-refractivity contribution < 1.29 is 5.11 Å². The van der Waals surface area contributed by atoms with Gasteiger partial charge in [-0.05, 0) is 29.8 Å². The maximum atomic E-state index is 12.3. The highest BCUT2D eigenvalue weighted by atomic mass is 16.3. The number of hydrogen-bond acceptors (Lipinski definition) is 6. The van der Waals surface area contributed by atoms with Crippen LogP contribution >= 0.6 is 0 Å². The van der Waals surface area contributed by atoms with Gasteiger partial charge in [-0.3, -0.25) is 4.79 Å². The summed E-state index contributed by atoms with van der Waals surface area (Å²) in [5.41, 5.74) is 3.11. The number of rotatable bonds is 4. The van der Waals surface area contributed by atoms with Gasteiger partial charge in [-0.2, -0.15) is 10.4 Å². The van der Waals surface area contributed by atoms with Gasteiger partial charge in [0.15, 0.2) is 11.6 Å². The first-order valence-electron chi connectivity index (χ1n) is 8.82. The molecule has 2 heterocycles. The summed E-state index contributed by atoms with van der Waals surface area (Å²) in [5.74, 6) is 0.482. The van der Waals surface area contributed by atoms with Gasteiger partial charge in [0.25, 0.3) is 0 Å². The van der Waals surface area contributed by atoms with E-state index in [4.69, 9.17) is 5.26 Å². The smallest absolute Gasteiger partial charge is 0.203 e. The Hall–Kier alpha value is -4.31. The van der Waals surface area contributed by atoms with Gasteiger partial charge in [0.2, 0.25) is 5.43 Å². The second kappa shape index (κ2) is 7.74. The van der Waals surface area contributed by atoms with Crippen LogP contribution in [0.15, 0.2) is 78.0 Å². The molecule has 4 aromatic rings. The fourth-order valence-electron chi connectivity index (χ4n) is 2.92. The molecule has 0 aliphatic heterocycles. The summed E-state index contributed by atoms with van der Waals surface area (Å²) in [5, 5.41) is 22.9. The summed E-state index contributed by atoms with van der Waals surface area (Å²) in [6.07, 6.45) is 4.59. The van der Waals surface area contributed by atoms with Gasteiger partial charge in [-0.15, -0.1) is 0 Å². The Balaban J connectivity index is 1.66. The van der Waals surface area contributed by atoms with E-state index in [0.717, 1.165) is 11.1 Å². The fourth-order valence-corrected chi connectivity index (χ4v) is 2.92. The van der Waals surface area contributed by atoms with Crippen LogP contribution in [0, 0.1) is 11.3 Å². The lowest BCUT2D eigenvalue weighted by molar-refractivity contribution is 0.470. The molecule has 1 N–H and O–H groups in total. The number of aromatic nitrogens is 4. The highest BCUT2D eigenvalue weighted by Crippen LogP contribution is 2.18. The van der Waals surface area contributed by atoms with Crippen LogP contribution in [0.2, 0.25) is 0 Å². The van der Waals surface area contributed by atoms with Crippen LogP contribution in [0.4, 0.5) is 0 Å². The molecular formula is C22H15N5O2. The monoisotopic (exact) mass is 381 g/mol. The summed E-state index contributed by atoms with van der Waals surface area (Å²) in [4.78, 5) is 20.6. The third-order valence-electron chi connectivity index (χ3n) is 4.31. The Morgan fingerprint density at radius 3 is 2.62 bits per heavy atom. The minimum absolute atomic E-state index is 0.000548. The van der Waals surface area contributed by atoms with Crippen LogP contribution in [0.1, 0.15) is 16.8 Å². The maximum Gasteiger partial charge on any atom is 0.203 e. The Kier molecular flexibility index (Phi) is 4.82. The number of benzene rings is 2. The number of nitriles is 1. The van der Waals surface area contributed by atoms with Crippen molar-refractivity contribution in [2.45, 2.75) is 6.42 Å². The second-order valence-corrected chi connectivity index (χ2v) is 6.38. The first kappa shape index (κ1) is 18.1. The zero-order chi connectivity index (χ0) is 20.2. The van der Waals surface area contributed by atoms with E-state index in [2.05, 4.69) is 21.1 Å². The van der Waals surface area contributed by atoms with Crippen molar-refractivity contribution in [1.82, 2.24) is 19.7 Å². The molecular weight excluding hydrogens is 366 g/mol. The molecule has 0 fully saturated rings. The molecule has 29 heavy (non-hydrogen) atoms. The molecule has 0 aliphatic rings. The van der Waals surface area contributed by atoms with E-state index in [-0.39, 0.29) is 11.2 Å². The fraction of sp³-hybridized carbons (Fsp3) is 0.0455. The van der Waals surface area contributed by atoms with Crippen molar-refractivity contribution in [3.8, 4) is 28.9 Å². The van der Waals surface area contributed by atoms with E-state index < -0.39 is 0 Å². The van der Waals surface area contributed by atoms with E-state index >= 15 is 0 Å². The largest absolute Gasteiger partial charge is 0.505 e. The number of nitrogens with zero attached hydrogens (tertiary/aromatic N) is 5. The molecule has 0 radical (unpaired) electrons. The van der Waals surface area contributed by atoms with Crippen molar-refractivity contribution in [1.29, 1.82) is 5.26 Å². The van der Waals surface area contributed by atoms with Gasteiger partial charge >= 0.3 is 0 Å². The topological polar surface area (TPSA) is 105 Å². The van der Waals surface area contributed by atoms with Gasteiger partial charge in [0, 0.05) is 24.2 Å². The lowest BCUT2D eigenvalue weighted by Gasteiger charge is -2.08. The van der Waals surface area contributed by atoms with Crippen LogP contribution in [-0.2, 0) is 6.42 Å². The highest BCUT2D eigenvalue weighted by Gasteiger charge is 2.08. The molecule has 0 bridgehead atoms. The average Bonchev–Trinajstić information content (AvgIpc) is 2.76. The number of aromatic hydroxyl groups is 1. The minimum atomic E-state index is -0.163. The lowest BCUT2D eigenvalue weighted by Crippen LogP contribution is -2.16. The van der Waals surface area contributed by atoms with Crippen molar-refractivity contribution in [3.63, 3.8) is 0 Å². The van der Waals surface area contributed by atoms with Crippen LogP contribution in [0.3, 0.4) is 0 Å². The predicted molar refractivity (Wildman–Crippen MR) is 106 cm³/mol. The molecule has 0 amide bonds. The van der Waals surface area contributed by atoms with Gasteiger partial charge in [0.05, 0.1) is 29.7 Å². The molecule has 2 aromatic carbocycles. The van der Waals surface area contributed by atoms with Crippen molar-refractivity contribution in [2.75, 3.05) is 0 Å². The van der Waals surface area contributed by atoms with E-state index in [1.54, 1.807) is 29.1 Å². The first-order valence-corrected chi connectivity index (χ1v) is 8.82. The SMILES string of the molecule is N#Cc1cccc(-n2ccc(=O)c(Cc3cccc(-c4ncc(O)cn4)c3)n2)c1. The van der Waals surface area contributed by atoms with E-state index in [0.29, 0.717) is 29.2 Å². The Morgan fingerprint density at radius 1 is 1.03 bits per heavy atom. The third kappa shape index (κ3) is 4.01. The predicted octanol–water partition coefficient (Wildman–Crippen LogP) is 2.86. The van der Waals surface area contributed by atoms with Crippen LogP contribution in [0.25, 0.3) is 17.1 Å². The maximum absolute atomic E-state index is 12.3. The van der Waals surface area contributed by atoms with E-state index in [1.165, 1.54) is 18.5 Å². The van der Waals surface area contributed by atoms with Gasteiger partial charge in [-0.1, -0.05) is 24.3 Å². The Labute approximate surface area is 166 Å². The zero-order valence-electron chi connectivity index (χ0n) is 15.2. The first-order chi connectivity index (χ1) is 14.1. The van der Waals surface area contributed by atoms with Crippen molar-refractivity contribution >= 4 is 0 Å². The Morgan fingerprint density at radius 2 is 1.83 bits per heavy atom. The summed E-state index contributed by atoms with van der Waals surface area (Å²) in [7, 11) is 0. The number of hydrogen-bond donors (Lipinski definition) is 1. The van der Waals surface area contributed by atoms with Gasteiger partial charge in [0.1, 0.15) is 5.69 Å². The molecule has 7 heteroatoms. The summed E-state index contributed by atoms with van der Waals surface area (Å²) >= 11 is 0. The molecule has 2 aromatic heterocycles. The minimum Gasteiger partial charge on any atom is -0.505 e. The molecule has 0 unspecified atom stereocenters. The summed E-state index contributed by atoms with van der Waals surface area (Å²) in [6, 6.07) is 18.1. The van der Waals surface area contributed by atoms with Crippen molar-refractivity contribution in [3.05, 3.63) is 100 Å². The highest BCUT2D eigenvalue weighted by molar-refractivity contribution is 5.56. The molecule has 0 atom stereocenters. The normalized spacial score (nSPS) is 10.4. The lowest BCUT2D eigenvalue weighted by atomic mass is 10.1. The second-order valence-electron chi connectivity index (χ2n) is 6.38. The molecule has 140 valence electrons. The zero-order valence-corrected chi connectivity index (χ0v) is 15.2. The molecule has 4 rings (SSSR count). The average molecular weight is 381 g/mol. The van der Waals surface area contributed by atoms with E-state index in [9.17, 15) is 9.90 Å². The van der Waals surface area contributed by atoms with Gasteiger partial charge in [-0.25, -0.2) is 14.6 Å². The summed E-state index contributed by atoms with van der Waals surface area (Å²) in [6.45, 7) is 0. The van der Waals surface area contributed by atoms with E-state index in [1.807, 2.05) is 30.3 Å². The van der Waals surface area contributed by atoms with Crippen molar-refractivity contribution in [2.24, 2.45) is 0 Å². The molecule has 0 saturated heterocycles. The molecule has 0 saturated carbocycles. The molecule has 0 aliphatic carbocycles. The van der Waals surface area contributed by atoms with Crippen LogP contribution < -0.4 is 5.43 Å². The third-order valence-corrected chi connectivity index (χ3v) is 4.31. The quantitative estimate of drug-likeness (QED) is 0.583. The summed E-state index contributed by atoms with van der Waals surface area (Å²) < 4.78 is 1.59. The Bertz CT molecular complexity index is 1270.